The molecule has 0 aliphatic carbocycles. The molecule has 1 aliphatic heterocycles. The van der Waals surface area contributed by atoms with Gasteiger partial charge in [0.25, 0.3) is 0 Å². The second-order valence-electron chi connectivity index (χ2n) is 8.12. The van der Waals surface area contributed by atoms with Gasteiger partial charge in [-0.25, -0.2) is 4.98 Å². The van der Waals surface area contributed by atoms with Crippen molar-refractivity contribution in [2.24, 2.45) is 0 Å². The van der Waals surface area contributed by atoms with Crippen LogP contribution in [0.1, 0.15) is 25.0 Å². The molecule has 2 heterocycles. The molecule has 184 valence electrons. The summed E-state index contributed by atoms with van der Waals surface area (Å²) in [7, 11) is 3.21. The van der Waals surface area contributed by atoms with E-state index in [4.69, 9.17) is 24.6 Å². The molecule has 3 N–H and O–H groups in total. The zero-order chi connectivity index (χ0) is 24.6. The summed E-state index contributed by atoms with van der Waals surface area (Å²) in [6.07, 6.45) is 7.54. The van der Waals surface area contributed by atoms with Crippen LogP contribution in [0.15, 0.2) is 48.7 Å². The van der Waals surface area contributed by atoms with E-state index in [1.54, 1.807) is 32.6 Å². The third-order valence-corrected chi connectivity index (χ3v) is 5.83. The first kappa shape index (κ1) is 24.4. The Morgan fingerprint density at radius 1 is 1.14 bits per heavy atom. The first-order chi connectivity index (χ1) is 17.1. The minimum absolute atomic E-state index is 0.0409. The van der Waals surface area contributed by atoms with E-state index in [1.807, 2.05) is 35.2 Å². The summed E-state index contributed by atoms with van der Waals surface area (Å²) < 4.78 is 16.7. The first-order valence-corrected chi connectivity index (χ1v) is 11.6. The average Bonchev–Trinajstić information content (AvgIpc) is 2.91. The van der Waals surface area contributed by atoms with Crippen LogP contribution >= 0.6 is 0 Å². The van der Waals surface area contributed by atoms with Gasteiger partial charge in [0.15, 0.2) is 0 Å². The molecule has 3 aromatic rings. The summed E-state index contributed by atoms with van der Waals surface area (Å²) in [6.45, 7) is 1.05. The smallest absolute Gasteiger partial charge is 0.127 e. The Morgan fingerprint density at radius 2 is 1.94 bits per heavy atom. The molecule has 9 heteroatoms. The Bertz CT molecular complexity index is 1170. The maximum Gasteiger partial charge on any atom is 0.127 e. The van der Waals surface area contributed by atoms with Crippen molar-refractivity contribution in [3.8, 4) is 11.5 Å². The highest BCUT2D eigenvalue weighted by Gasteiger charge is 2.17. The van der Waals surface area contributed by atoms with Crippen LogP contribution in [-0.2, 0) is 4.74 Å². The molecule has 1 aliphatic rings. The van der Waals surface area contributed by atoms with Crippen molar-refractivity contribution in [1.82, 2.24) is 15.3 Å². The van der Waals surface area contributed by atoms with Gasteiger partial charge in [0.1, 0.15) is 23.4 Å². The summed E-state index contributed by atoms with van der Waals surface area (Å²) in [5.41, 5.74) is 4.42. The van der Waals surface area contributed by atoms with Gasteiger partial charge in [0.05, 0.1) is 43.8 Å². The maximum absolute atomic E-state index is 9.78. The standard InChI is InChI=1S/C26H31N5O4/c1-33-20-13-19(14-21(16-20)34-2)31(10-11-32)18-6-7-22-24(15-18)29-25(17-28-22)23(8-9-27)30-26-5-3-4-12-35-26/h6-9,13-17,26-27,30,32H,3-5,10-12H2,1-2H3/b23-8-,27-9?. The lowest BCUT2D eigenvalue weighted by atomic mass is 10.1. The lowest BCUT2D eigenvalue weighted by Crippen LogP contribution is -2.33. The van der Waals surface area contributed by atoms with Crippen LogP contribution in [0.5, 0.6) is 11.5 Å². The van der Waals surface area contributed by atoms with Gasteiger partial charge in [-0.05, 0) is 43.5 Å². The topological polar surface area (TPSA) is 113 Å². The number of allylic oxidation sites excluding steroid dienone is 1. The molecule has 1 aromatic heterocycles. The van der Waals surface area contributed by atoms with Gasteiger partial charge < -0.3 is 34.9 Å². The number of aliphatic hydroxyl groups is 1. The van der Waals surface area contributed by atoms with Gasteiger partial charge in [0, 0.05) is 48.9 Å². The fourth-order valence-corrected chi connectivity index (χ4v) is 4.07. The second kappa shape index (κ2) is 11.6. The van der Waals surface area contributed by atoms with Crippen LogP contribution in [-0.4, -0.2) is 61.5 Å². The third-order valence-electron chi connectivity index (χ3n) is 5.83. The molecule has 1 saturated heterocycles. The Balaban J connectivity index is 1.70. The van der Waals surface area contributed by atoms with Crippen LogP contribution in [0.25, 0.3) is 16.7 Å². The molecule has 0 bridgehead atoms. The molecule has 1 unspecified atom stereocenters. The number of benzene rings is 2. The second-order valence-corrected chi connectivity index (χ2v) is 8.12. The number of nitrogens with one attached hydrogen (secondary N) is 2. The summed E-state index contributed by atoms with van der Waals surface area (Å²) >= 11 is 0. The highest BCUT2D eigenvalue weighted by Crippen LogP contribution is 2.33. The minimum Gasteiger partial charge on any atom is -0.497 e. The number of fused-ring (bicyclic) bond motifs is 1. The number of anilines is 2. The molecule has 0 amide bonds. The number of ether oxygens (including phenoxy) is 3. The van der Waals surface area contributed by atoms with Crippen molar-refractivity contribution in [3.05, 3.63) is 54.4 Å². The zero-order valence-corrected chi connectivity index (χ0v) is 20.0. The average molecular weight is 478 g/mol. The first-order valence-electron chi connectivity index (χ1n) is 11.6. The number of nitrogens with zero attached hydrogens (tertiary/aromatic N) is 3. The fourth-order valence-electron chi connectivity index (χ4n) is 4.07. The molecular weight excluding hydrogens is 446 g/mol. The Morgan fingerprint density at radius 3 is 2.60 bits per heavy atom. The molecule has 35 heavy (non-hydrogen) atoms. The highest BCUT2D eigenvalue weighted by molar-refractivity contribution is 5.85. The summed E-state index contributed by atoms with van der Waals surface area (Å²) in [5, 5.41) is 20.7. The number of hydrogen-bond donors (Lipinski definition) is 3. The third kappa shape index (κ3) is 5.87. The predicted molar refractivity (Wildman–Crippen MR) is 137 cm³/mol. The van der Waals surface area contributed by atoms with Gasteiger partial charge in [-0.2, -0.15) is 0 Å². The fraction of sp³-hybridized carbons (Fsp3) is 0.346. The zero-order valence-electron chi connectivity index (χ0n) is 20.0. The van der Waals surface area contributed by atoms with Crippen LogP contribution in [0.2, 0.25) is 0 Å². The predicted octanol–water partition coefficient (Wildman–Crippen LogP) is 3.88. The van der Waals surface area contributed by atoms with Gasteiger partial charge in [-0.1, -0.05) is 0 Å². The molecule has 4 rings (SSSR count). The van der Waals surface area contributed by atoms with E-state index >= 15 is 0 Å². The molecule has 0 saturated carbocycles. The van der Waals surface area contributed by atoms with Crippen LogP contribution in [0.4, 0.5) is 11.4 Å². The van der Waals surface area contributed by atoms with E-state index < -0.39 is 0 Å². The van der Waals surface area contributed by atoms with Gasteiger partial charge in [-0.15, -0.1) is 0 Å². The molecule has 1 fully saturated rings. The maximum atomic E-state index is 9.78. The lowest BCUT2D eigenvalue weighted by Gasteiger charge is -2.26. The number of rotatable bonds is 10. The van der Waals surface area contributed by atoms with Crippen molar-refractivity contribution >= 4 is 34.3 Å². The Kier molecular flexibility index (Phi) is 8.12. The molecule has 9 nitrogen and oxygen atoms in total. The van der Waals surface area contributed by atoms with Crippen molar-refractivity contribution in [2.45, 2.75) is 25.5 Å². The summed E-state index contributed by atoms with van der Waals surface area (Å²) in [4.78, 5) is 11.4. The molecule has 2 aromatic carbocycles. The normalized spacial score (nSPS) is 16.1. The molecule has 0 radical (unpaired) electrons. The number of aromatic nitrogens is 2. The van der Waals surface area contributed by atoms with Gasteiger partial charge in [0.2, 0.25) is 0 Å². The summed E-state index contributed by atoms with van der Waals surface area (Å²) in [5.74, 6) is 1.31. The van der Waals surface area contributed by atoms with Crippen molar-refractivity contribution < 1.29 is 19.3 Å². The minimum atomic E-state index is -0.109. The van der Waals surface area contributed by atoms with Crippen LogP contribution < -0.4 is 19.7 Å². The van der Waals surface area contributed by atoms with Crippen molar-refractivity contribution in [3.63, 3.8) is 0 Å². The van der Waals surface area contributed by atoms with Gasteiger partial charge in [-0.3, -0.25) is 4.98 Å². The SMILES string of the molecule is COc1cc(OC)cc(N(CCO)c2ccc3ncc(/C(=C/C=N)NC4CCCCO4)nc3c2)c1. The van der Waals surface area contributed by atoms with E-state index in [2.05, 4.69) is 10.3 Å². The molecular formula is C26H31N5O4. The van der Waals surface area contributed by atoms with E-state index in [0.717, 1.165) is 42.8 Å². The molecule has 1 atom stereocenters. The van der Waals surface area contributed by atoms with Gasteiger partial charge >= 0.3 is 0 Å². The quantitative estimate of drug-likeness (QED) is 0.377. The largest absolute Gasteiger partial charge is 0.497 e. The number of methoxy groups -OCH3 is 2. The highest BCUT2D eigenvalue weighted by atomic mass is 16.5. The van der Waals surface area contributed by atoms with Crippen molar-refractivity contribution in [1.29, 1.82) is 5.41 Å². The molecule has 0 spiro atoms. The Hall–Kier alpha value is -3.69. The van der Waals surface area contributed by atoms with Crippen LogP contribution in [0.3, 0.4) is 0 Å². The Labute approximate surface area is 204 Å². The van der Waals surface area contributed by atoms with E-state index in [-0.39, 0.29) is 12.8 Å². The van der Waals surface area contributed by atoms with E-state index in [1.165, 1.54) is 6.21 Å². The van der Waals surface area contributed by atoms with E-state index in [0.29, 0.717) is 35.0 Å². The number of hydrogen-bond acceptors (Lipinski definition) is 9. The monoisotopic (exact) mass is 477 g/mol. The lowest BCUT2D eigenvalue weighted by molar-refractivity contribution is 0.00528. The van der Waals surface area contributed by atoms with E-state index in [9.17, 15) is 5.11 Å². The van der Waals surface area contributed by atoms with Crippen molar-refractivity contribution in [2.75, 3.05) is 38.9 Å². The van der Waals surface area contributed by atoms with Crippen LogP contribution in [0, 0.1) is 5.41 Å². The number of aliphatic hydroxyl groups excluding tert-OH is 1. The summed E-state index contributed by atoms with van der Waals surface area (Å²) in [6, 6.07) is 11.4.